The van der Waals surface area contributed by atoms with Crippen molar-refractivity contribution in [2.24, 2.45) is 0 Å². The Balaban J connectivity index is 2.54. The highest BCUT2D eigenvalue weighted by Gasteiger charge is 2.21. The van der Waals surface area contributed by atoms with E-state index in [4.69, 9.17) is 10.00 Å². The Kier molecular flexibility index (Phi) is 8.91. The molecule has 0 saturated heterocycles. The van der Waals surface area contributed by atoms with Crippen LogP contribution in [0.3, 0.4) is 0 Å². The van der Waals surface area contributed by atoms with Crippen molar-refractivity contribution < 1.29 is 14.3 Å². The van der Waals surface area contributed by atoms with Gasteiger partial charge in [-0.15, -0.1) is 6.58 Å². The molecule has 0 aliphatic heterocycles. The molecule has 0 aromatic heterocycles. The number of hydrogen-bond donors (Lipinski definition) is 1. The predicted molar refractivity (Wildman–Crippen MR) is 92.3 cm³/mol. The van der Waals surface area contributed by atoms with Gasteiger partial charge in [0.05, 0.1) is 18.7 Å². The van der Waals surface area contributed by atoms with Gasteiger partial charge >= 0.3 is 5.97 Å². The number of ether oxygens (including phenoxy) is 1. The third-order valence-electron chi connectivity index (χ3n) is 3.72. The van der Waals surface area contributed by atoms with Crippen LogP contribution < -0.4 is 5.32 Å². The fourth-order valence-electron chi connectivity index (χ4n) is 2.32. The standard InChI is InChI=1S/C19H24N2O3/c1-3-4-5-6-7-8-9-17(19(23)24-2)21-18(22)16-12-10-15(14-20)11-13-16/h3,10-13,17H,1,4-9H2,2H3,(H,21,22)/t17-/m1/s1. The number of carbonyl (C=O) groups excluding carboxylic acids is 2. The molecule has 0 unspecified atom stereocenters. The first-order valence-electron chi connectivity index (χ1n) is 8.12. The van der Waals surface area contributed by atoms with Gasteiger partial charge in [0.25, 0.3) is 5.91 Å². The summed E-state index contributed by atoms with van der Waals surface area (Å²) in [4.78, 5) is 24.1. The third kappa shape index (κ3) is 6.66. The molecule has 1 rings (SSSR count). The molecule has 1 N–H and O–H groups in total. The number of hydrogen-bond acceptors (Lipinski definition) is 4. The lowest BCUT2D eigenvalue weighted by Gasteiger charge is -2.16. The highest BCUT2D eigenvalue weighted by molar-refractivity contribution is 5.96. The number of allylic oxidation sites excluding steroid dienone is 1. The SMILES string of the molecule is C=CCCCCCC[C@@H](NC(=O)c1ccc(C#N)cc1)C(=O)OC. The van der Waals surface area contributed by atoms with Gasteiger partial charge in [-0.1, -0.05) is 25.3 Å². The van der Waals surface area contributed by atoms with Crippen LogP contribution in [0.25, 0.3) is 0 Å². The lowest BCUT2D eigenvalue weighted by molar-refractivity contribution is -0.143. The molecule has 24 heavy (non-hydrogen) atoms. The maximum Gasteiger partial charge on any atom is 0.328 e. The van der Waals surface area contributed by atoms with E-state index in [1.807, 2.05) is 12.1 Å². The molecule has 0 saturated carbocycles. The minimum Gasteiger partial charge on any atom is -0.467 e. The van der Waals surface area contributed by atoms with Gasteiger partial charge in [-0.2, -0.15) is 5.26 Å². The zero-order valence-corrected chi connectivity index (χ0v) is 14.1. The quantitative estimate of drug-likeness (QED) is 0.406. The lowest BCUT2D eigenvalue weighted by atomic mass is 10.1. The normalized spacial score (nSPS) is 11.2. The van der Waals surface area contributed by atoms with Gasteiger partial charge in [0.2, 0.25) is 0 Å². The molecule has 5 nitrogen and oxygen atoms in total. The van der Waals surface area contributed by atoms with Gasteiger partial charge in [0.15, 0.2) is 0 Å². The largest absolute Gasteiger partial charge is 0.467 e. The minimum atomic E-state index is -0.655. The van der Waals surface area contributed by atoms with Crippen LogP contribution in [0.4, 0.5) is 0 Å². The number of nitriles is 1. The van der Waals surface area contributed by atoms with E-state index in [0.717, 1.165) is 32.1 Å². The summed E-state index contributed by atoms with van der Waals surface area (Å²) in [6.45, 7) is 3.69. The van der Waals surface area contributed by atoms with Crippen LogP contribution in [-0.2, 0) is 9.53 Å². The van der Waals surface area contributed by atoms with Crippen molar-refractivity contribution >= 4 is 11.9 Å². The Morgan fingerprint density at radius 1 is 1.25 bits per heavy atom. The molecular formula is C19H24N2O3. The smallest absolute Gasteiger partial charge is 0.328 e. The molecule has 128 valence electrons. The van der Waals surface area contributed by atoms with Gasteiger partial charge in [0.1, 0.15) is 6.04 Å². The van der Waals surface area contributed by atoms with Crippen LogP contribution in [-0.4, -0.2) is 25.0 Å². The summed E-state index contributed by atoms with van der Waals surface area (Å²) >= 11 is 0. The molecule has 0 radical (unpaired) electrons. The number of nitrogens with zero attached hydrogens (tertiary/aromatic N) is 1. The summed E-state index contributed by atoms with van der Waals surface area (Å²) in [5, 5.41) is 11.5. The highest BCUT2D eigenvalue weighted by Crippen LogP contribution is 2.10. The van der Waals surface area contributed by atoms with E-state index in [-0.39, 0.29) is 5.91 Å². The molecule has 5 heteroatoms. The fourth-order valence-corrected chi connectivity index (χ4v) is 2.32. The van der Waals surface area contributed by atoms with Crippen LogP contribution in [0.15, 0.2) is 36.9 Å². The Labute approximate surface area is 143 Å². The molecule has 0 fully saturated rings. The monoisotopic (exact) mass is 328 g/mol. The molecule has 0 spiro atoms. The average molecular weight is 328 g/mol. The van der Waals surface area contributed by atoms with Gasteiger partial charge in [-0.3, -0.25) is 4.79 Å². The Bertz CT molecular complexity index is 588. The maximum absolute atomic E-state index is 12.2. The molecule has 1 amide bonds. The van der Waals surface area contributed by atoms with Crippen molar-refractivity contribution in [1.82, 2.24) is 5.32 Å². The molecular weight excluding hydrogens is 304 g/mol. The van der Waals surface area contributed by atoms with Crippen LogP contribution in [0.5, 0.6) is 0 Å². The summed E-state index contributed by atoms with van der Waals surface area (Å²) in [5.41, 5.74) is 0.893. The Hall–Kier alpha value is -2.61. The first-order chi connectivity index (χ1) is 11.6. The van der Waals surface area contributed by atoms with Crippen molar-refractivity contribution in [3.05, 3.63) is 48.0 Å². The van der Waals surface area contributed by atoms with Crippen molar-refractivity contribution in [2.75, 3.05) is 7.11 Å². The van der Waals surface area contributed by atoms with Crippen LogP contribution in [0.2, 0.25) is 0 Å². The van der Waals surface area contributed by atoms with Crippen LogP contribution in [0, 0.1) is 11.3 Å². The molecule has 1 aromatic carbocycles. The van der Waals surface area contributed by atoms with Crippen molar-refractivity contribution in [2.45, 2.75) is 44.6 Å². The van der Waals surface area contributed by atoms with E-state index in [9.17, 15) is 9.59 Å². The summed E-state index contributed by atoms with van der Waals surface area (Å²) in [6.07, 6.45) is 7.43. The van der Waals surface area contributed by atoms with Gasteiger partial charge in [-0.25, -0.2) is 4.79 Å². The second kappa shape index (κ2) is 11.0. The maximum atomic E-state index is 12.2. The second-order valence-electron chi connectivity index (χ2n) is 5.52. The Morgan fingerprint density at radius 2 is 1.92 bits per heavy atom. The second-order valence-corrected chi connectivity index (χ2v) is 5.52. The summed E-state index contributed by atoms with van der Waals surface area (Å²) < 4.78 is 4.77. The van der Waals surface area contributed by atoms with Gasteiger partial charge < -0.3 is 10.1 Å². The summed E-state index contributed by atoms with van der Waals surface area (Å²) in [7, 11) is 1.31. The third-order valence-corrected chi connectivity index (χ3v) is 3.72. The van der Waals surface area contributed by atoms with Crippen molar-refractivity contribution in [3.8, 4) is 6.07 Å². The zero-order chi connectivity index (χ0) is 17.8. The van der Waals surface area contributed by atoms with E-state index in [1.165, 1.54) is 7.11 Å². The number of benzene rings is 1. The number of nitrogens with one attached hydrogen (secondary N) is 1. The lowest BCUT2D eigenvalue weighted by Crippen LogP contribution is -2.41. The molecule has 0 bridgehead atoms. The zero-order valence-electron chi connectivity index (χ0n) is 14.1. The number of amides is 1. The number of carbonyl (C=O) groups is 2. The first kappa shape index (κ1) is 19.4. The van der Waals surface area contributed by atoms with Crippen molar-refractivity contribution in [3.63, 3.8) is 0 Å². The van der Waals surface area contributed by atoms with E-state index < -0.39 is 12.0 Å². The average Bonchev–Trinajstić information content (AvgIpc) is 2.62. The number of unbranched alkanes of at least 4 members (excludes halogenated alkanes) is 4. The topological polar surface area (TPSA) is 79.2 Å². The van der Waals surface area contributed by atoms with E-state index in [1.54, 1.807) is 24.3 Å². The Morgan fingerprint density at radius 3 is 2.50 bits per heavy atom. The molecule has 1 atom stereocenters. The van der Waals surface area contributed by atoms with E-state index >= 15 is 0 Å². The van der Waals surface area contributed by atoms with Crippen LogP contribution >= 0.6 is 0 Å². The molecule has 0 aliphatic rings. The molecule has 1 aromatic rings. The van der Waals surface area contributed by atoms with Crippen LogP contribution in [0.1, 0.15) is 54.4 Å². The van der Waals surface area contributed by atoms with Gasteiger partial charge in [0, 0.05) is 5.56 Å². The number of rotatable bonds is 10. The first-order valence-corrected chi connectivity index (χ1v) is 8.12. The van der Waals surface area contributed by atoms with Crippen molar-refractivity contribution in [1.29, 1.82) is 5.26 Å². The molecule has 0 heterocycles. The molecule has 0 aliphatic carbocycles. The number of esters is 1. The number of methoxy groups -OCH3 is 1. The van der Waals surface area contributed by atoms with E-state index in [0.29, 0.717) is 17.5 Å². The fraction of sp³-hybridized carbons (Fsp3) is 0.421. The minimum absolute atomic E-state index is 0.346. The highest BCUT2D eigenvalue weighted by atomic mass is 16.5. The van der Waals surface area contributed by atoms with Gasteiger partial charge in [-0.05, 0) is 43.5 Å². The summed E-state index contributed by atoms with van der Waals surface area (Å²) in [5.74, 6) is -0.787. The van der Waals surface area contributed by atoms with E-state index in [2.05, 4.69) is 11.9 Å². The summed E-state index contributed by atoms with van der Waals surface area (Å²) in [6, 6.07) is 7.62. The predicted octanol–water partition coefficient (Wildman–Crippen LogP) is 3.36.